The molecule has 0 amide bonds. The second kappa shape index (κ2) is 4.98. The molecule has 1 aliphatic carbocycles. The maximum absolute atomic E-state index is 12.2. The fourth-order valence-electron chi connectivity index (χ4n) is 2.71. The van der Waals surface area contributed by atoms with Gasteiger partial charge in [0.15, 0.2) is 11.5 Å². The molecular weight excluding hydrogens is 296 g/mol. The van der Waals surface area contributed by atoms with E-state index in [-0.39, 0.29) is 11.3 Å². The van der Waals surface area contributed by atoms with Crippen molar-refractivity contribution in [3.05, 3.63) is 50.5 Å². The molecule has 0 atom stereocenters. The maximum atomic E-state index is 12.2. The number of benzene rings is 1. The molecule has 2 heterocycles. The first kappa shape index (κ1) is 13.6. The summed E-state index contributed by atoms with van der Waals surface area (Å²) in [6.45, 7) is 0. The highest BCUT2D eigenvalue weighted by molar-refractivity contribution is 5.55. The highest BCUT2D eigenvalue weighted by Gasteiger charge is 2.11. The Hall–Kier alpha value is -3.09. The fraction of sp³-hybridized carbons (Fsp3) is 0.188. The lowest BCUT2D eigenvalue weighted by atomic mass is 10.2. The maximum Gasteiger partial charge on any atom is 0.276 e. The van der Waals surface area contributed by atoms with Crippen molar-refractivity contribution in [1.29, 1.82) is 0 Å². The van der Waals surface area contributed by atoms with E-state index in [1.165, 1.54) is 17.7 Å². The number of H-pyrrole nitrogens is 1. The van der Waals surface area contributed by atoms with Crippen LogP contribution in [-0.2, 0) is 6.42 Å². The van der Waals surface area contributed by atoms with E-state index in [9.17, 15) is 9.90 Å². The Balaban J connectivity index is 1.97. The molecule has 0 saturated heterocycles. The summed E-state index contributed by atoms with van der Waals surface area (Å²) in [6, 6.07) is 4.88. The largest absolute Gasteiger partial charge is 0.504 e. The van der Waals surface area contributed by atoms with Gasteiger partial charge in [-0.1, -0.05) is 12.1 Å². The lowest BCUT2D eigenvalue weighted by Crippen LogP contribution is -2.28. The molecule has 116 valence electrons. The van der Waals surface area contributed by atoms with Gasteiger partial charge in [-0.05, 0) is 36.6 Å². The van der Waals surface area contributed by atoms with Gasteiger partial charge in [-0.2, -0.15) is 9.61 Å². The third-order valence-electron chi connectivity index (χ3n) is 3.86. The third-order valence-corrected chi connectivity index (χ3v) is 3.86. The molecule has 0 radical (unpaired) electrons. The molecule has 0 spiro atoms. The van der Waals surface area contributed by atoms with Crippen LogP contribution in [0, 0.1) is 0 Å². The van der Waals surface area contributed by atoms with Gasteiger partial charge in [-0.25, -0.2) is 4.98 Å². The zero-order chi connectivity index (χ0) is 16.0. The van der Waals surface area contributed by atoms with Crippen LogP contribution < -0.4 is 21.0 Å². The van der Waals surface area contributed by atoms with E-state index < -0.39 is 0 Å². The number of hydrogen-bond acceptors (Lipinski definition) is 5. The first-order valence-corrected chi connectivity index (χ1v) is 7.22. The zero-order valence-corrected chi connectivity index (χ0v) is 12.4. The lowest BCUT2D eigenvalue weighted by molar-refractivity contribution is 0.373. The summed E-state index contributed by atoms with van der Waals surface area (Å²) in [5, 5.41) is 15.4. The van der Waals surface area contributed by atoms with E-state index in [1.54, 1.807) is 18.2 Å². The number of rotatable bonds is 2. The Bertz CT molecular complexity index is 1090. The number of aromatic hydroxyl groups is 1. The number of phenolic OH excluding ortho intramolecular Hbond substituents is 1. The average Bonchev–Trinajstić information content (AvgIpc) is 3.11. The molecule has 23 heavy (non-hydrogen) atoms. The van der Waals surface area contributed by atoms with Gasteiger partial charge in [0.2, 0.25) is 5.78 Å². The molecule has 1 aliphatic rings. The highest BCUT2D eigenvalue weighted by Crippen LogP contribution is 2.26. The molecule has 7 nitrogen and oxygen atoms in total. The number of fused-ring (bicyclic) bond motifs is 2. The van der Waals surface area contributed by atoms with Crippen LogP contribution in [0.4, 0.5) is 0 Å². The van der Waals surface area contributed by atoms with Gasteiger partial charge in [-0.15, -0.1) is 0 Å². The molecule has 1 aromatic carbocycles. The van der Waals surface area contributed by atoms with Crippen LogP contribution in [0.5, 0.6) is 11.5 Å². The normalized spacial score (nSPS) is 14.0. The van der Waals surface area contributed by atoms with Crippen LogP contribution >= 0.6 is 0 Å². The number of nitrogens with one attached hydrogen (secondary N) is 1. The number of hydrogen-bond donors (Lipinski definition) is 2. The van der Waals surface area contributed by atoms with Crippen molar-refractivity contribution < 1.29 is 9.84 Å². The average molecular weight is 310 g/mol. The second-order valence-electron chi connectivity index (χ2n) is 5.34. The van der Waals surface area contributed by atoms with Gasteiger partial charge >= 0.3 is 0 Å². The van der Waals surface area contributed by atoms with Crippen LogP contribution in [0.2, 0.25) is 0 Å². The van der Waals surface area contributed by atoms with Crippen molar-refractivity contribution in [1.82, 2.24) is 19.6 Å². The predicted molar refractivity (Wildman–Crippen MR) is 83.9 cm³/mol. The summed E-state index contributed by atoms with van der Waals surface area (Å²) in [6.07, 6.45) is 5.45. The SMILES string of the molecule is COc1cc(/C=c2\c(=O)[nH]c3nc4c(nn23)CCC=4)ccc1O. The quantitative estimate of drug-likeness (QED) is 0.677. The van der Waals surface area contributed by atoms with Gasteiger partial charge in [0.1, 0.15) is 5.35 Å². The Morgan fingerprint density at radius 2 is 2.30 bits per heavy atom. The van der Waals surface area contributed by atoms with Crippen LogP contribution in [-0.4, -0.2) is 31.8 Å². The van der Waals surface area contributed by atoms with Gasteiger partial charge in [0.05, 0.1) is 18.2 Å². The first-order valence-electron chi connectivity index (χ1n) is 7.22. The summed E-state index contributed by atoms with van der Waals surface area (Å²) in [5.41, 5.74) is 1.35. The summed E-state index contributed by atoms with van der Waals surface area (Å²) in [7, 11) is 1.48. The molecular formula is C16H14N4O3. The molecule has 3 aromatic rings. The molecule has 7 heteroatoms. The monoisotopic (exact) mass is 310 g/mol. The molecule has 0 bridgehead atoms. The lowest BCUT2D eigenvalue weighted by Gasteiger charge is -2.03. The summed E-state index contributed by atoms with van der Waals surface area (Å²) in [4.78, 5) is 19.4. The van der Waals surface area contributed by atoms with E-state index in [4.69, 9.17) is 4.74 Å². The summed E-state index contributed by atoms with van der Waals surface area (Å²) < 4.78 is 6.62. The molecule has 4 rings (SSSR count). The van der Waals surface area contributed by atoms with E-state index in [1.807, 2.05) is 6.08 Å². The highest BCUT2D eigenvalue weighted by atomic mass is 16.5. The molecule has 0 saturated carbocycles. The smallest absolute Gasteiger partial charge is 0.276 e. The Morgan fingerprint density at radius 3 is 3.13 bits per heavy atom. The van der Waals surface area contributed by atoms with Gasteiger partial charge in [0, 0.05) is 0 Å². The zero-order valence-electron chi connectivity index (χ0n) is 12.4. The van der Waals surface area contributed by atoms with Crippen LogP contribution in [0.25, 0.3) is 17.9 Å². The number of ether oxygens (including phenoxy) is 1. The van der Waals surface area contributed by atoms with Crippen molar-refractivity contribution in [3.8, 4) is 11.5 Å². The van der Waals surface area contributed by atoms with Crippen molar-refractivity contribution in [2.24, 2.45) is 0 Å². The first-order chi connectivity index (χ1) is 11.2. The third kappa shape index (κ3) is 2.17. The number of phenols is 1. The van der Waals surface area contributed by atoms with E-state index in [0.717, 1.165) is 29.4 Å². The summed E-state index contributed by atoms with van der Waals surface area (Å²) >= 11 is 0. The number of aromatic nitrogens is 4. The Labute approximate surface area is 130 Å². The van der Waals surface area contributed by atoms with Crippen LogP contribution in [0.15, 0.2) is 23.0 Å². The number of nitrogens with zero attached hydrogens (tertiary/aromatic N) is 3. The van der Waals surface area contributed by atoms with Crippen molar-refractivity contribution in [2.75, 3.05) is 7.11 Å². The predicted octanol–water partition coefficient (Wildman–Crippen LogP) is -0.313. The van der Waals surface area contributed by atoms with Crippen molar-refractivity contribution in [2.45, 2.75) is 12.8 Å². The molecule has 0 aliphatic heterocycles. The number of methoxy groups -OCH3 is 1. The number of imidazole rings is 1. The molecule has 2 N–H and O–H groups in total. The minimum absolute atomic E-state index is 0.0479. The van der Waals surface area contributed by atoms with Crippen molar-refractivity contribution in [3.63, 3.8) is 0 Å². The van der Waals surface area contributed by atoms with Gasteiger partial charge < -0.3 is 9.84 Å². The number of aryl methyl sites for hydroxylation is 1. The minimum Gasteiger partial charge on any atom is -0.504 e. The molecule has 0 fully saturated rings. The summed E-state index contributed by atoms with van der Waals surface area (Å²) in [5.74, 6) is 0.813. The topological polar surface area (TPSA) is 92.5 Å². The fourth-order valence-corrected chi connectivity index (χ4v) is 2.71. The minimum atomic E-state index is -0.263. The van der Waals surface area contributed by atoms with E-state index in [2.05, 4.69) is 15.1 Å². The van der Waals surface area contributed by atoms with Crippen LogP contribution in [0.1, 0.15) is 17.7 Å². The second-order valence-corrected chi connectivity index (χ2v) is 5.34. The number of aromatic amines is 1. The van der Waals surface area contributed by atoms with E-state index >= 15 is 0 Å². The standard InChI is InChI=1S/C16H14N4O3/c1-23-14-8-9(5-6-13(14)21)7-12-15(22)18-16-17-10-3-2-4-11(10)19-20(12)16/h3,5-8,21H,2,4H2,1H3,(H,17,18,22)/b12-7+. The van der Waals surface area contributed by atoms with Gasteiger partial charge in [-0.3, -0.25) is 9.78 Å². The van der Waals surface area contributed by atoms with Crippen LogP contribution in [0.3, 0.4) is 0 Å². The Kier molecular flexibility index (Phi) is 2.94. The Morgan fingerprint density at radius 1 is 1.43 bits per heavy atom. The van der Waals surface area contributed by atoms with E-state index in [0.29, 0.717) is 16.9 Å². The molecule has 0 unspecified atom stereocenters. The molecule has 2 aromatic heterocycles. The van der Waals surface area contributed by atoms with Gasteiger partial charge in [0.25, 0.3) is 5.56 Å². The van der Waals surface area contributed by atoms with Crippen molar-refractivity contribution >= 4 is 17.9 Å².